The van der Waals surface area contributed by atoms with Gasteiger partial charge in [0, 0.05) is 0 Å². The first-order chi connectivity index (χ1) is 19.9. The zero-order valence-corrected chi connectivity index (χ0v) is 29.8. The van der Waals surface area contributed by atoms with E-state index in [1.54, 1.807) is 21.1 Å². The Balaban J connectivity index is 1.69. The van der Waals surface area contributed by atoms with Crippen molar-refractivity contribution in [2.75, 3.05) is 0 Å². The Hall–Kier alpha value is -2.27. The Kier molecular flexibility index (Phi) is 9.81. The van der Waals surface area contributed by atoms with Gasteiger partial charge in [-0.05, 0) is 0 Å². The van der Waals surface area contributed by atoms with Gasteiger partial charge in [-0.2, -0.15) is 0 Å². The molecule has 0 fully saturated rings. The van der Waals surface area contributed by atoms with Crippen LogP contribution in [0.15, 0.2) is 182 Å². The molecule has 0 amide bonds. The predicted octanol–water partition coefficient (Wildman–Crippen LogP) is 3.71. The molecule has 6 aromatic rings. The number of benzene rings is 6. The molecule has 0 aliphatic heterocycles. The SMILES string of the molecule is c1cc[c]([Sb]([c]2ccccc2)[N]([Sb]([c]2ccccc2)[c]2ccccc2)[Sb]([c]2ccccc2)[c]2ccccc2)cc1. The van der Waals surface area contributed by atoms with Crippen LogP contribution in [-0.4, -0.2) is 60.8 Å². The van der Waals surface area contributed by atoms with E-state index >= 15 is 0 Å². The molecule has 0 heterocycles. The summed E-state index contributed by atoms with van der Waals surface area (Å²) < 4.78 is 12.5. The molecule has 194 valence electrons. The molecule has 0 saturated carbocycles. The van der Waals surface area contributed by atoms with Crippen LogP contribution in [0.1, 0.15) is 0 Å². The summed E-state index contributed by atoms with van der Waals surface area (Å²) in [6.07, 6.45) is 0. The average Bonchev–Trinajstić information content (AvgIpc) is 3.04. The van der Waals surface area contributed by atoms with Gasteiger partial charge in [-0.3, -0.25) is 0 Å². The van der Waals surface area contributed by atoms with Gasteiger partial charge in [0.15, 0.2) is 0 Å². The molecule has 6 aromatic carbocycles. The van der Waals surface area contributed by atoms with E-state index in [0.717, 1.165) is 0 Å². The molecule has 0 aliphatic rings. The summed E-state index contributed by atoms with van der Waals surface area (Å²) in [5, 5.41) is 0. The Morgan fingerprint density at radius 2 is 0.375 bits per heavy atom. The molecule has 0 radical (unpaired) electrons. The van der Waals surface area contributed by atoms with Crippen molar-refractivity contribution in [1.82, 2.24) is -0.623 Å². The van der Waals surface area contributed by atoms with Crippen molar-refractivity contribution in [2.45, 2.75) is 0 Å². The number of rotatable bonds is 9. The Morgan fingerprint density at radius 3 is 0.525 bits per heavy atom. The third-order valence-corrected chi connectivity index (χ3v) is 43.6. The van der Waals surface area contributed by atoms with Gasteiger partial charge >= 0.3 is 264 Å². The van der Waals surface area contributed by atoms with Crippen molar-refractivity contribution in [2.24, 2.45) is 0 Å². The van der Waals surface area contributed by atoms with Crippen LogP contribution in [0.25, 0.3) is 0 Å². The van der Waals surface area contributed by atoms with Crippen LogP contribution >= 0.6 is 0 Å². The van der Waals surface area contributed by atoms with E-state index in [9.17, 15) is 0 Å². The normalized spacial score (nSPS) is 11.4. The monoisotopic (exact) mass is 839 g/mol. The summed E-state index contributed by atoms with van der Waals surface area (Å²) in [6.45, 7) is 0. The summed E-state index contributed by atoms with van der Waals surface area (Å²) in [4.78, 5) is 0. The van der Waals surface area contributed by atoms with Crippen molar-refractivity contribution in [3.63, 3.8) is 0 Å². The molecule has 0 unspecified atom stereocenters. The quantitative estimate of drug-likeness (QED) is 0.201. The molecule has 0 spiro atoms. The second-order valence-electron chi connectivity index (χ2n) is 9.22. The maximum absolute atomic E-state index is 3.27. The van der Waals surface area contributed by atoms with Crippen molar-refractivity contribution >= 4 is 82.5 Å². The number of nitrogens with zero attached hydrogens (tertiary/aromatic N) is 1. The van der Waals surface area contributed by atoms with E-state index < -0.39 is 61.5 Å². The summed E-state index contributed by atoms with van der Waals surface area (Å²) in [6, 6.07) is 68.8. The summed E-state index contributed by atoms with van der Waals surface area (Å²) in [5.74, 6) is 0. The second kappa shape index (κ2) is 14.1. The van der Waals surface area contributed by atoms with E-state index in [2.05, 4.69) is 181 Å². The molecule has 0 aliphatic carbocycles. The fourth-order valence-corrected chi connectivity index (χ4v) is 54.2. The minimum atomic E-state index is -2.51. The standard InChI is InChI=1S/6C6H5.N.3Sb/c6*1-2-4-6-5-3-1;;;;/h6*1-5H;;;;. The van der Waals surface area contributed by atoms with Crippen molar-refractivity contribution < 1.29 is 0 Å². The second-order valence-corrected chi connectivity index (χ2v) is 35.2. The van der Waals surface area contributed by atoms with Gasteiger partial charge in [0.05, 0.1) is 0 Å². The summed E-state index contributed by atoms with van der Waals surface area (Å²) in [5.41, 5.74) is 0. The maximum atomic E-state index is 3.27. The van der Waals surface area contributed by atoms with Crippen molar-refractivity contribution in [1.29, 1.82) is 0 Å². The molecule has 6 rings (SSSR count). The van der Waals surface area contributed by atoms with Gasteiger partial charge in [-0.1, -0.05) is 0 Å². The fraction of sp³-hybridized carbons (Fsp3) is 0. The van der Waals surface area contributed by atoms with Crippen LogP contribution in [0.5, 0.6) is 0 Å². The van der Waals surface area contributed by atoms with Gasteiger partial charge in [-0.25, -0.2) is 0 Å². The Morgan fingerprint density at radius 1 is 0.225 bits per heavy atom. The van der Waals surface area contributed by atoms with E-state index in [4.69, 9.17) is 0 Å². The molecule has 0 bridgehead atoms. The van der Waals surface area contributed by atoms with Gasteiger partial charge < -0.3 is 0 Å². The molecule has 4 heteroatoms. The van der Waals surface area contributed by atoms with E-state index in [1.165, 1.54) is 0 Å². The zero-order chi connectivity index (χ0) is 27.0. The average molecular weight is 842 g/mol. The van der Waals surface area contributed by atoms with E-state index in [0.29, 0.717) is 0 Å². The third kappa shape index (κ3) is 6.45. The Bertz CT molecular complexity index is 1270. The number of hydrogen-bond acceptors (Lipinski definition) is 1. The van der Waals surface area contributed by atoms with Crippen LogP contribution < -0.4 is 21.1 Å². The molecular weight excluding hydrogens is 812 g/mol. The minimum absolute atomic E-state index is 1.54. The molecular formula is C36H30NSb3. The van der Waals surface area contributed by atoms with Crippen molar-refractivity contribution in [3.8, 4) is 0 Å². The first-order valence-electron chi connectivity index (χ1n) is 13.4. The first-order valence-corrected chi connectivity index (χ1v) is 24.5. The van der Waals surface area contributed by atoms with Gasteiger partial charge in [0.2, 0.25) is 0 Å². The van der Waals surface area contributed by atoms with Crippen LogP contribution in [0.2, 0.25) is 0 Å². The zero-order valence-electron chi connectivity index (χ0n) is 22.1. The molecule has 40 heavy (non-hydrogen) atoms. The van der Waals surface area contributed by atoms with Crippen LogP contribution in [0.4, 0.5) is 0 Å². The number of hydrogen-bond donors (Lipinski definition) is 0. The van der Waals surface area contributed by atoms with E-state index in [-0.39, 0.29) is 0 Å². The Labute approximate surface area is 261 Å². The van der Waals surface area contributed by atoms with Crippen LogP contribution in [-0.2, 0) is 0 Å². The van der Waals surface area contributed by atoms with Crippen molar-refractivity contribution in [3.05, 3.63) is 182 Å². The van der Waals surface area contributed by atoms with Gasteiger partial charge in [0.25, 0.3) is 0 Å². The first kappa shape index (κ1) is 27.9. The molecule has 1 nitrogen and oxygen atoms in total. The molecule has 0 N–H and O–H groups in total. The third-order valence-electron chi connectivity index (χ3n) is 6.54. The molecule has 0 atom stereocenters. The van der Waals surface area contributed by atoms with Crippen LogP contribution in [0, 0.1) is 0 Å². The molecule has 0 aromatic heterocycles. The summed E-state index contributed by atoms with van der Waals surface area (Å²) in [7, 11) is 0. The van der Waals surface area contributed by atoms with E-state index in [1.807, 2.05) is 0 Å². The predicted molar refractivity (Wildman–Crippen MR) is 176 cm³/mol. The fourth-order valence-electron chi connectivity index (χ4n) is 4.75. The van der Waals surface area contributed by atoms with Gasteiger partial charge in [-0.15, -0.1) is 0 Å². The molecule has 0 saturated heterocycles. The van der Waals surface area contributed by atoms with Crippen LogP contribution in [0.3, 0.4) is 0 Å². The summed E-state index contributed by atoms with van der Waals surface area (Å²) >= 11 is -7.52. The van der Waals surface area contributed by atoms with Gasteiger partial charge in [0.1, 0.15) is 0 Å². The topological polar surface area (TPSA) is 3.24 Å².